The number of carbonyl (C=O) groups excluding carboxylic acids is 2. The summed E-state index contributed by atoms with van der Waals surface area (Å²) in [6.45, 7) is 0. The van der Waals surface area contributed by atoms with Gasteiger partial charge in [-0.25, -0.2) is 0 Å². The Bertz CT molecular complexity index is 757. The Morgan fingerprint density at radius 2 is 2.15 bits per heavy atom. The first kappa shape index (κ1) is 19.1. The Balaban J connectivity index is 1.42. The van der Waals surface area contributed by atoms with Gasteiger partial charge in [0.25, 0.3) is 0 Å². The number of carbonyl (C=O) groups is 2. The van der Waals surface area contributed by atoms with Crippen molar-refractivity contribution in [3.63, 3.8) is 0 Å². The highest BCUT2D eigenvalue weighted by atomic mass is 32.2. The van der Waals surface area contributed by atoms with Gasteiger partial charge < -0.3 is 11.1 Å². The van der Waals surface area contributed by atoms with Gasteiger partial charge in [-0.2, -0.15) is 0 Å². The van der Waals surface area contributed by atoms with E-state index in [0.717, 1.165) is 10.1 Å². The Hall–Kier alpha value is -1.66. The summed E-state index contributed by atoms with van der Waals surface area (Å²) in [5.74, 6) is 0.628. The predicted octanol–water partition coefficient (Wildman–Crippen LogP) is 1.18. The zero-order valence-electron chi connectivity index (χ0n) is 13.7. The van der Waals surface area contributed by atoms with Crippen molar-refractivity contribution in [2.45, 2.75) is 28.2 Å². The molecule has 138 valence electrons. The molecule has 2 atom stereocenters. The Kier molecular flexibility index (Phi) is 6.86. The molecule has 1 saturated heterocycles. The molecular formula is C15H18N6O2S3. The minimum Gasteiger partial charge on any atom is -0.332 e. The lowest BCUT2D eigenvalue weighted by atomic mass is 10.2. The van der Waals surface area contributed by atoms with Crippen LogP contribution in [0.1, 0.15) is 12.0 Å². The topological polar surface area (TPSA) is 122 Å². The van der Waals surface area contributed by atoms with Crippen molar-refractivity contribution in [1.29, 1.82) is 0 Å². The molecule has 26 heavy (non-hydrogen) atoms. The number of nitrogens with two attached hydrogens (primary N) is 1. The van der Waals surface area contributed by atoms with E-state index in [1.165, 1.54) is 28.7 Å². The largest absolute Gasteiger partial charge is 0.332 e. The number of hydrogen-bond acceptors (Lipinski definition) is 9. The van der Waals surface area contributed by atoms with Gasteiger partial charge in [0.2, 0.25) is 16.9 Å². The van der Waals surface area contributed by atoms with Crippen LogP contribution in [0.5, 0.6) is 0 Å². The number of nitrogens with zero attached hydrogens (tertiary/aromatic N) is 2. The first-order valence-corrected chi connectivity index (χ1v) is 10.7. The molecule has 0 bridgehead atoms. The molecule has 1 aromatic heterocycles. The Morgan fingerprint density at radius 3 is 2.92 bits per heavy atom. The van der Waals surface area contributed by atoms with Crippen LogP contribution in [0.2, 0.25) is 0 Å². The third-order valence-electron chi connectivity index (χ3n) is 3.30. The molecule has 1 aliphatic heterocycles. The fraction of sp³-hybridized carbons (Fsp3) is 0.333. The van der Waals surface area contributed by atoms with Gasteiger partial charge in [0.05, 0.1) is 18.3 Å². The zero-order chi connectivity index (χ0) is 18.4. The van der Waals surface area contributed by atoms with E-state index in [4.69, 9.17) is 5.73 Å². The van der Waals surface area contributed by atoms with E-state index in [-0.39, 0.29) is 29.5 Å². The van der Waals surface area contributed by atoms with Crippen LogP contribution in [0.3, 0.4) is 0 Å². The second-order valence-corrected chi connectivity index (χ2v) is 8.72. The predicted molar refractivity (Wildman–Crippen MR) is 105 cm³/mol. The maximum absolute atomic E-state index is 12.0. The molecule has 3 rings (SSSR count). The van der Waals surface area contributed by atoms with Crippen molar-refractivity contribution in [2.24, 2.45) is 5.73 Å². The second kappa shape index (κ2) is 9.33. The van der Waals surface area contributed by atoms with Crippen molar-refractivity contribution >= 4 is 51.8 Å². The summed E-state index contributed by atoms with van der Waals surface area (Å²) in [7, 11) is 0. The van der Waals surface area contributed by atoms with Crippen molar-refractivity contribution in [3.8, 4) is 0 Å². The lowest BCUT2D eigenvalue weighted by Crippen LogP contribution is -2.58. The van der Waals surface area contributed by atoms with Gasteiger partial charge in [0.15, 0.2) is 4.34 Å². The Labute approximate surface area is 163 Å². The van der Waals surface area contributed by atoms with Crippen molar-refractivity contribution in [3.05, 3.63) is 35.9 Å². The number of thioether (sulfide) groups is 2. The number of anilines is 1. The van der Waals surface area contributed by atoms with Crippen LogP contribution in [0.25, 0.3) is 0 Å². The number of amides is 2. The fourth-order valence-corrected chi connectivity index (χ4v) is 4.74. The zero-order valence-corrected chi connectivity index (χ0v) is 16.1. The van der Waals surface area contributed by atoms with Gasteiger partial charge in [0.1, 0.15) is 5.50 Å². The molecule has 1 aliphatic rings. The summed E-state index contributed by atoms with van der Waals surface area (Å²) in [6.07, 6.45) is -0.158. The van der Waals surface area contributed by atoms with Gasteiger partial charge in [-0.1, -0.05) is 53.4 Å². The van der Waals surface area contributed by atoms with Crippen LogP contribution >= 0.6 is 34.9 Å². The molecule has 1 aromatic carbocycles. The minimum absolute atomic E-state index is 0.127. The van der Waals surface area contributed by atoms with Crippen LogP contribution in [-0.4, -0.2) is 39.4 Å². The highest BCUT2D eigenvalue weighted by Crippen LogP contribution is 2.28. The minimum atomic E-state index is -0.392. The highest BCUT2D eigenvalue weighted by Gasteiger charge is 2.24. The molecule has 0 saturated carbocycles. The van der Waals surface area contributed by atoms with E-state index in [2.05, 4.69) is 38.3 Å². The third-order valence-corrected chi connectivity index (χ3v) is 6.36. The molecule has 2 unspecified atom stereocenters. The van der Waals surface area contributed by atoms with Gasteiger partial charge in [-0.15, -0.1) is 22.0 Å². The van der Waals surface area contributed by atoms with E-state index in [1.54, 1.807) is 11.8 Å². The molecule has 0 aliphatic carbocycles. The van der Waals surface area contributed by atoms with E-state index in [0.29, 0.717) is 5.13 Å². The van der Waals surface area contributed by atoms with Crippen molar-refractivity contribution < 1.29 is 9.59 Å². The van der Waals surface area contributed by atoms with E-state index in [1.807, 2.05) is 18.2 Å². The summed E-state index contributed by atoms with van der Waals surface area (Å²) < 4.78 is 0.795. The van der Waals surface area contributed by atoms with E-state index < -0.39 is 6.17 Å². The third kappa shape index (κ3) is 5.95. The van der Waals surface area contributed by atoms with Crippen LogP contribution in [0.15, 0.2) is 34.7 Å². The van der Waals surface area contributed by atoms with Gasteiger partial charge in [-0.3, -0.25) is 20.2 Å². The number of aromatic nitrogens is 2. The smallest absolute Gasteiger partial charge is 0.236 e. The summed E-state index contributed by atoms with van der Waals surface area (Å²) >= 11 is 4.17. The molecule has 11 heteroatoms. The van der Waals surface area contributed by atoms with Gasteiger partial charge in [-0.05, 0) is 5.56 Å². The molecule has 0 radical (unpaired) electrons. The monoisotopic (exact) mass is 410 g/mol. The maximum Gasteiger partial charge on any atom is 0.236 e. The molecule has 2 amide bonds. The van der Waals surface area contributed by atoms with Crippen molar-refractivity contribution in [1.82, 2.24) is 20.8 Å². The van der Waals surface area contributed by atoms with Crippen molar-refractivity contribution in [2.75, 3.05) is 11.1 Å². The average Bonchev–Trinajstić information content (AvgIpc) is 3.06. The molecule has 0 spiro atoms. The molecule has 8 nitrogen and oxygen atoms in total. The number of rotatable bonds is 7. The SMILES string of the molecule is NC1CC(=O)NC(SCC(=O)Nc2nnc(SCc3ccccc3)s2)N1. The highest BCUT2D eigenvalue weighted by molar-refractivity contribution is 8.00. The van der Waals surface area contributed by atoms with Gasteiger partial charge >= 0.3 is 0 Å². The number of hydrogen-bond donors (Lipinski definition) is 4. The Morgan fingerprint density at radius 1 is 1.35 bits per heavy atom. The first-order valence-electron chi connectivity index (χ1n) is 7.81. The standard InChI is InChI=1S/C15H18N6O2S3/c16-10-6-11(22)18-13(17-10)24-8-12(23)19-14-20-21-15(26-14)25-7-9-4-2-1-3-5-9/h1-5,10,13,17H,6-8,16H2,(H,18,22)(H,19,20,23). The van der Waals surface area contributed by atoms with Crippen LogP contribution < -0.4 is 21.7 Å². The summed E-state index contributed by atoms with van der Waals surface area (Å²) in [5.41, 5.74) is 6.55. The first-order chi connectivity index (χ1) is 12.6. The van der Waals surface area contributed by atoms with Crippen LogP contribution in [0, 0.1) is 0 Å². The lowest BCUT2D eigenvalue weighted by Gasteiger charge is -2.28. The van der Waals surface area contributed by atoms with Crippen LogP contribution in [-0.2, 0) is 15.3 Å². The molecular weight excluding hydrogens is 392 g/mol. The molecule has 2 aromatic rings. The second-order valence-electron chi connectivity index (χ2n) is 5.43. The van der Waals surface area contributed by atoms with Crippen LogP contribution in [0.4, 0.5) is 5.13 Å². The lowest BCUT2D eigenvalue weighted by molar-refractivity contribution is -0.123. The maximum atomic E-state index is 12.0. The fourth-order valence-electron chi connectivity index (χ4n) is 2.14. The van der Waals surface area contributed by atoms with E-state index >= 15 is 0 Å². The molecule has 1 fully saturated rings. The number of nitrogens with one attached hydrogen (secondary N) is 3. The summed E-state index contributed by atoms with van der Waals surface area (Å²) in [4.78, 5) is 23.5. The average molecular weight is 411 g/mol. The summed E-state index contributed by atoms with van der Waals surface area (Å²) in [5, 5.41) is 17.0. The van der Waals surface area contributed by atoms with Gasteiger partial charge in [0, 0.05) is 5.75 Å². The van der Waals surface area contributed by atoms with E-state index in [9.17, 15) is 9.59 Å². The summed E-state index contributed by atoms with van der Waals surface area (Å²) in [6, 6.07) is 10.1. The quantitative estimate of drug-likeness (QED) is 0.396. The normalized spacial score (nSPS) is 19.8. The molecule has 2 heterocycles. The number of benzene rings is 1. The molecule has 5 N–H and O–H groups in total.